The molecular weight excluding hydrogens is 429 g/mol. The Morgan fingerprint density at radius 1 is 1.13 bits per heavy atom. The molecule has 4 rings (SSSR count). The van der Waals surface area contributed by atoms with Gasteiger partial charge in [0.15, 0.2) is 5.75 Å². The summed E-state index contributed by atoms with van der Waals surface area (Å²) >= 11 is 7.19. The van der Waals surface area contributed by atoms with Crippen LogP contribution >= 0.6 is 23.4 Å². The van der Waals surface area contributed by atoms with Crippen LogP contribution in [0.5, 0.6) is 5.75 Å². The second-order valence-electron chi connectivity index (χ2n) is 6.21. The van der Waals surface area contributed by atoms with Gasteiger partial charge in [-0.2, -0.15) is 0 Å². The summed E-state index contributed by atoms with van der Waals surface area (Å²) in [6.07, 6.45) is 1.58. The molecule has 0 amide bonds. The van der Waals surface area contributed by atoms with Crippen LogP contribution in [-0.2, 0) is 5.75 Å². The number of thioether (sulfide) groups is 1. The average Bonchev–Trinajstić information content (AvgIpc) is 3.22. The second-order valence-corrected chi connectivity index (χ2v) is 7.58. The zero-order valence-electron chi connectivity index (χ0n) is 15.7. The van der Waals surface area contributed by atoms with E-state index < -0.39 is 0 Å². The van der Waals surface area contributed by atoms with Crippen LogP contribution in [0, 0.1) is 5.82 Å². The van der Waals surface area contributed by atoms with Gasteiger partial charge in [0.25, 0.3) is 5.22 Å². The topological polar surface area (TPSA) is 70.2 Å². The maximum atomic E-state index is 13.3. The van der Waals surface area contributed by atoms with Crippen molar-refractivity contribution in [3.63, 3.8) is 0 Å². The molecule has 2 aromatic heterocycles. The minimum atomic E-state index is -0.344. The van der Waals surface area contributed by atoms with E-state index in [9.17, 15) is 9.18 Å². The maximum Gasteiger partial charge on any atom is 0.277 e. The molecule has 0 aliphatic carbocycles. The van der Waals surface area contributed by atoms with E-state index in [1.165, 1.54) is 37.1 Å². The molecule has 0 saturated carbocycles. The van der Waals surface area contributed by atoms with Crippen LogP contribution in [0.3, 0.4) is 0 Å². The van der Waals surface area contributed by atoms with E-state index in [2.05, 4.69) is 10.2 Å². The third-order valence-electron chi connectivity index (χ3n) is 4.26. The highest BCUT2D eigenvalue weighted by molar-refractivity contribution is 7.98. The van der Waals surface area contributed by atoms with E-state index in [1.807, 2.05) is 0 Å². The van der Waals surface area contributed by atoms with Crippen molar-refractivity contribution in [1.29, 1.82) is 0 Å². The number of hydrogen-bond acceptors (Lipinski definition) is 6. The number of methoxy groups -OCH3 is 1. The summed E-state index contributed by atoms with van der Waals surface area (Å²) in [7, 11) is 1.43. The minimum absolute atomic E-state index is 0.191. The van der Waals surface area contributed by atoms with Crippen molar-refractivity contribution in [1.82, 2.24) is 14.8 Å². The van der Waals surface area contributed by atoms with Crippen LogP contribution < -0.4 is 10.2 Å². The van der Waals surface area contributed by atoms with Crippen molar-refractivity contribution in [2.45, 2.75) is 11.0 Å². The summed E-state index contributed by atoms with van der Waals surface area (Å²) in [5, 5.41) is 9.08. The van der Waals surface area contributed by atoms with Crippen molar-refractivity contribution in [3.8, 4) is 22.9 Å². The molecule has 9 heteroatoms. The molecule has 0 bridgehead atoms. The summed E-state index contributed by atoms with van der Waals surface area (Å²) in [5.41, 5.74) is 1.87. The van der Waals surface area contributed by atoms with Crippen LogP contribution in [0.2, 0.25) is 5.02 Å². The first kappa shape index (κ1) is 20.2. The fraction of sp³-hybridized carbons (Fsp3) is 0.0952. The normalized spacial score (nSPS) is 10.9. The minimum Gasteiger partial charge on any atom is -0.491 e. The third-order valence-corrected chi connectivity index (χ3v) is 5.37. The number of benzene rings is 2. The molecule has 2 aromatic carbocycles. The lowest BCUT2D eigenvalue weighted by Crippen LogP contribution is -2.13. The lowest BCUT2D eigenvalue weighted by molar-refractivity contribution is 0.407. The van der Waals surface area contributed by atoms with Gasteiger partial charge in [-0.15, -0.1) is 10.2 Å². The van der Waals surface area contributed by atoms with Crippen molar-refractivity contribution in [2.24, 2.45) is 0 Å². The van der Waals surface area contributed by atoms with E-state index in [4.69, 9.17) is 20.8 Å². The number of aromatic nitrogens is 3. The number of nitrogens with zero attached hydrogens (tertiary/aromatic N) is 3. The summed E-state index contributed by atoms with van der Waals surface area (Å²) < 4.78 is 25.9. The lowest BCUT2D eigenvalue weighted by atomic mass is 10.2. The second kappa shape index (κ2) is 8.73. The van der Waals surface area contributed by atoms with Crippen molar-refractivity contribution >= 4 is 23.4 Å². The third kappa shape index (κ3) is 4.39. The van der Waals surface area contributed by atoms with Crippen molar-refractivity contribution in [3.05, 3.63) is 87.6 Å². The van der Waals surface area contributed by atoms with Gasteiger partial charge in [-0.1, -0.05) is 23.4 Å². The average molecular weight is 444 g/mol. The Bertz CT molecular complexity index is 1220. The van der Waals surface area contributed by atoms with Gasteiger partial charge in [-0.05, 0) is 48.5 Å². The summed E-state index contributed by atoms with van der Waals surface area (Å²) in [4.78, 5) is 12.3. The highest BCUT2D eigenvalue weighted by atomic mass is 35.5. The lowest BCUT2D eigenvalue weighted by Gasteiger charge is -2.14. The first-order valence-electron chi connectivity index (χ1n) is 8.81. The summed E-state index contributed by atoms with van der Waals surface area (Å²) in [6.45, 7) is 0. The van der Waals surface area contributed by atoms with Gasteiger partial charge < -0.3 is 13.7 Å². The first-order valence-corrected chi connectivity index (χ1v) is 10.2. The molecule has 0 aliphatic rings. The number of pyridine rings is 1. The van der Waals surface area contributed by atoms with E-state index in [1.54, 1.807) is 47.2 Å². The monoisotopic (exact) mass is 443 g/mol. The van der Waals surface area contributed by atoms with Crippen LogP contribution in [-0.4, -0.2) is 21.9 Å². The number of ether oxygens (including phenoxy) is 1. The Morgan fingerprint density at radius 3 is 2.57 bits per heavy atom. The highest BCUT2D eigenvalue weighted by Crippen LogP contribution is 2.27. The fourth-order valence-corrected chi connectivity index (χ4v) is 3.63. The summed E-state index contributed by atoms with van der Waals surface area (Å²) in [6, 6.07) is 14.5. The van der Waals surface area contributed by atoms with Gasteiger partial charge in [-0.3, -0.25) is 4.79 Å². The van der Waals surface area contributed by atoms with Gasteiger partial charge in [0.1, 0.15) is 5.82 Å². The van der Waals surface area contributed by atoms with Gasteiger partial charge >= 0.3 is 0 Å². The largest absolute Gasteiger partial charge is 0.491 e. The maximum absolute atomic E-state index is 13.3. The molecule has 2 heterocycles. The highest BCUT2D eigenvalue weighted by Gasteiger charge is 2.13. The SMILES string of the molecule is COc1cn(-c2ccc(F)cc2)c(CSc2nnc(-c3ccc(Cl)cc3)o2)cc1=O. The summed E-state index contributed by atoms with van der Waals surface area (Å²) in [5.74, 6) is 0.595. The number of halogens is 2. The van der Waals surface area contributed by atoms with E-state index in [0.29, 0.717) is 33.3 Å². The first-order chi connectivity index (χ1) is 14.5. The van der Waals surface area contributed by atoms with Gasteiger partial charge in [-0.25, -0.2) is 4.39 Å². The zero-order valence-corrected chi connectivity index (χ0v) is 17.3. The van der Waals surface area contributed by atoms with Crippen molar-refractivity contribution in [2.75, 3.05) is 7.11 Å². The molecule has 0 saturated heterocycles. The van der Waals surface area contributed by atoms with Crippen LogP contribution in [0.15, 0.2) is 75.2 Å². The number of rotatable bonds is 6. The van der Waals surface area contributed by atoms with Gasteiger partial charge in [0.2, 0.25) is 11.3 Å². The predicted molar refractivity (Wildman–Crippen MR) is 113 cm³/mol. The molecule has 0 spiro atoms. The van der Waals surface area contributed by atoms with Gasteiger partial charge in [0.05, 0.1) is 13.3 Å². The Balaban J connectivity index is 1.60. The van der Waals surface area contributed by atoms with Crippen LogP contribution in [0.1, 0.15) is 5.69 Å². The Hall–Kier alpha value is -3.10. The van der Waals surface area contributed by atoms with E-state index in [-0.39, 0.29) is 17.0 Å². The fourth-order valence-electron chi connectivity index (χ4n) is 2.78. The quantitative estimate of drug-likeness (QED) is 0.391. The molecule has 6 nitrogen and oxygen atoms in total. The Kier molecular flexibility index (Phi) is 5.87. The van der Waals surface area contributed by atoms with Gasteiger partial charge in [0, 0.05) is 33.8 Å². The smallest absolute Gasteiger partial charge is 0.277 e. The molecule has 0 atom stereocenters. The molecule has 0 N–H and O–H groups in total. The van der Waals surface area contributed by atoms with Crippen LogP contribution in [0.4, 0.5) is 4.39 Å². The molecule has 0 radical (unpaired) electrons. The Labute approximate surface area is 180 Å². The van der Waals surface area contributed by atoms with E-state index in [0.717, 1.165) is 5.56 Å². The molecule has 4 aromatic rings. The molecule has 0 unspecified atom stereocenters. The van der Waals surface area contributed by atoms with Crippen molar-refractivity contribution < 1.29 is 13.5 Å². The number of hydrogen-bond donors (Lipinski definition) is 0. The molecule has 30 heavy (non-hydrogen) atoms. The van der Waals surface area contributed by atoms with Crippen LogP contribution in [0.25, 0.3) is 17.1 Å². The molecular formula is C21H15ClFN3O3S. The molecule has 152 valence electrons. The zero-order chi connectivity index (χ0) is 21.1. The standard InChI is InChI=1S/C21H15ClFN3O3S/c1-28-19-11-26(16-8-6-15(23)7-9-16)17(10-18(19)27)12-30-21-25-24-20(29-21)13-2-4-14(22)5-3-13/h2-11H,12H2,1H3. The Morgan fingerprint density at radius 2 is 1.87 bits per heavy atom. The predicted octanol–water partition coefficient (Wildman–Crippen LogP) is 4.98. The van der Waals surface area contributed by atoms with E-state index >= 15 is 0 Å². The molecule has 0 aliphatic heterocycles. The molecule has 0 fully saturated rings.